The van der Waals surface area contributed by atoms with Crippen molar-refractivity contribution in [1.29, 1.82) is 0 Å². The zero-order valence-electron chi connectivity index (χ0n) is 15.6. The number of hydrogen-bond acceptors (Lipinski definition) is 5. The van der Waals surface area contributed by atoms with Crippen molar-refractivity contribution in [2.75, 3.05) is 27.3 Å². The summed E-state index contributed by atoms with van der Waals surface area (Å²) in [6, 6.07) is 7.30. The zero-order valence-corrected chi connectivity index (χ0v) is 15.6. The lowest BCUT2D eigenvalue weighted by Crippen LogP contribution is -2.47. The molecule has 0 aromatic heterocycles. The summed E-state index contributed by atoms with van der Waals surface area (Å²) in [7, 11) is 3.01. The molecule has 6 nitrogen and oxygen atoms in total. The van der Waals surface area contributed by atoms with Gasteiger partial charge in [-0.15, -0.1) is 0 Å². The summed E-state index contributed by atoms with van der Waals surface area (Å²) >= 11 is 0. The molecule has 1 amide bonds. The Bertz CT molecular complexity index is 605. The molecule has 6 heteroatoms. The van der Waals surface area contributed by atoms with Crippen molar-refractivity contribution >= 4 is 12.1 Å². The Morgan fingerprint density at radius 2 is 1.72 bits per heavy atom. The normalized spacial score (nSPS) is 20.9. The molecule has 0 saturated carbocycles. The highest BCUT2D eigenvalue weighted by Gasteiger charge is 2.33. The molecule has 2 rings (SSSR count). The first kappa shape index (κ1) is 19.2. The third-order valence-corrected chi connectivity index (χ3v) is 4.20. The Balaban J connectivity index is 2.14. The molecule has 0 aliphatic carbocycles. The average molecular weight is 349 g/mol. The van der Waals surface area contributed by atoms with Crippen molar-refractivity contribution in [3.63, 3.8) is 0 Å². The van der Waals surface area contributed by atoms with Gasteiger partial charge in [0.25, 0.3) is 0 Å². The van der Waals surface area contributed by atoms with Gasteiger partial charge in [0.15, 0.2) is 0 Å². The Labute approximate surface area is 149 Å². The molecule has 1 aromatic carbocycles. The maximum atomic E-state index is 12.4. The van der Waals surface area contributed by atoms with Crippen molar-refractivity contribution in [2.45, 2.75) is 44.8 Å². The van der Waals surface area contributed by atoms with Crippen molar-refractivity contribution in [1.82, 2.24) is 4.90 Å². The van der Waals surface area contributed by atoms with Crippen LogP contribution in [0.4, 0.5) is 4.79 Å². The van der Waals surface area contributed by atoms with Crippen molar-refractivity contribution in [3.8, 4) is 0 Å². The molecule has 1 saturated heterocycles. The van der Waals surface area contributed by atoms with E-state index in [-0.39, 0.29) is 24.1 Å². The minimum Gasteiger partial charge on any atom is -0.465 e. The van der Waals surface area contributed by atoms with E-state index in [1.54, 1.807) is 24.1 Å². The van der Waals surface area contributed by atoms with E-state index in [4.69, 9.17) is 14.2 Å². The number of hydrogen-bond donors (Lipinski definition) is 0. The van der Waals surface area contributed by atoms with Gasteiger partial charge in [-0.3, -0.25) is 0 Å². The van der Waals surface area contributed by atoms with Crippen molar-refractivity contribution in [3.05, 3.63) is 35.4 Å². The van der Waals surface area contributed by atoms with Gasteiger partial charge >= 0.3 is 12.1 Å². The molecule has 2 unspecified atom stereocenters. The number of carbonyl (C=O) groups excluding carboxylic acids is 2. The van der Waals surface area contributed by atoms with E-state index < -0.39 is 5.60 Å². The molecule has 2 atom stereocenters. The molecule has 0 radical (unpaired) electrons. The summed E-state index contributed by atoms with van der Waals surface area (Å²) in [5.74, 6) is -0.238. The predicted molar refractivity (Wildman–Crippen MR) is 93.7 cm³/mol. The zero-order chi connectivity index (χ0) is 18.6. The Hall–Kier alpha value is -2.08. The number of nitrogens with zero attached hydrogens (tertiary/aromatic N) is 1. The van der Waals surface area contributed by atoms with Gasteiger partial charge in [-0.05, 0) is 44.9 Å². The average Bonchev–Trinajstić information content (AvgIpc) is 2.59. The monoisotopic (exact) mass is 349 g/mol. The van der Waals surface area contributed by atoms with E-state index in [2.05, 4.69) is 0 Å². The fourth-order valence-electron chi connectivity index (χ4n) is 2.95. The third kappa shape index (κ3) is 5.19. The van der Waals surface area contributed by atoms with Gasteiger partial charge in [0.05, 0.1) is 25.3 Å². The minimum atomic E-state index is -0.533. The van der Waals surface area contributed by atoms with Crippen LogP contribution in [0, 0.1) is 0 Å². The van der Waals surface area contributed by atoms with E-state index in [1.807, 2.05) is 32.9 Å². The molecule has 0 N–H and O–H groups in total. The second-order valence-corrected chi connectivity index (χ2v) is 7.29. The first-order valence-electron chi connectivity index (χ1n) is 8.42. The minimum absolute atomic E-state index is 0.0495. The smallest absolute Gasteiger partial charge is 0.410 e. The van der Waals surface area contributed by atoms with Crippen LogP contribution in [-0.2, 0) is 14.2 Å². The topological polar surface area (TPSA) is 65.1 Å². The van der Waals surface area contributed by atoms with E-state index in [0.717, 1.165) is 12.0 Å². The highest BCUT2D eigenvalue weighted by molar-refractivity contribution is 5.89. The highest BCUT2D eigenvalue weighted by Crippen LogP contribution is 2.29. The maximum absolute atomic E-state index is 12.4. The number of piperidine rings is 1. The molecular weight excluding hydrogens is 322 g/mol. The molecule has 1 aromatic rings. The van der Waals surface area contributed by atoms with E-state index in [9.17, 15) is 9.59 Å². The number of ether oxygens (including phenoxy) is 3. The molecule has 1 heterocycles. The van der Waals surface area contributed by atoms with Gasteiger partial charge in [0, 0.05) is 19.6 Å². The number of methoxy groups -OCH3 is 2. The summed E-state index contributed by atoms with van der Waals surface area (Å²) in [5, 5.41) is 0. The summed E-state index contributed by atoms with van der Waals surface area (Å²) in [5.41, 5.74) is 1.03. The number of carbonyl (C=O) groups is 2. The Morgan fingerprint density at radius 3 is 2.24 bits per heavy atom. The second-order valence-electron chi connectivity index (χ2n) is 7.29. The molecular formula is C19H27NO5. The van der Waals surface area contributed by atoms with Crippen LogP contribution in [0.25, 0.3) is 0 Å². The fourth-order valence-corrected chi connectivity index (χ4v) is 2.95. The van der Waals surface area contributed by atoms with Crippen molar-refractivity contribution < 1.29 is 23.8 Å². The summed E-state index contributed by atoms with van der Waals surface area (Å²) in [6.07, 6.45) is 0.435. The van der Waals surface area contributed by atoms with Crippen LogP contribution >= 0.6 is 0 Å². The van der Waals surface area contributed by atoms with Crippen LogP contribution in [0.1, 0.15) is 49.0 Å². The predicted octanol–water partition coefficient (Wildman–Crippen LogP) is 3.21. The fraction of sp³-hybridized carbons (Fsp3) is 0.579. The van der Waals surface area contributed by atoms with E-state index >= 15 is 0 Å². The van der Waals surface area contributed by atoms with Crippen LogP contribution in [0.5, 0.6) is 0 Å². The van der Waals surface area contributed by atoms with Gasteiger partial charge < -0.3 is 19.1 Å². The van der Waals surface area contributed by atoms with Crippen LogP contribution in [0.15, 0.2) is 24.3 Å². The number of amides is 1. The van der Waals surface area contributed by atoms with Gasteiger partial charge in [-0.1, -0.05) is 12.1 Å². The number of rotatable bonds is 3. The van der Waals surface area contributed by atoms with Crippen LogP contribution in [0.3, 0.4) is 0 Å². The number of esters is 1. The van der Waals surface area contributed by atoms with Gasteiger partial charge in [0.1, 0.15) is 5.60 Å². The molecule has 25 heavy (non-hydrogen) atoms. The van der Waals surface area contributed by atoms with Crippen LogP contribution in [0.2, 0.25) is 0 Å². The molecule has 1 fully saturated rings. The quantitative estimate of drug-likeness (QED) is 0.784. The SMILES string of the molecule is COC(=O)c1ccc(C2CC(OC)CN(C(=O)OC(C)(C)C)C2)cc1. The largest absolute Gasteiger partial charge is 0.465 e. The van der Waals surface area contributed by atoms with E-state index in [0.29, 0.717) is 18.7 Å². The lowest BCUT2D eigenvalue weighted by molar-refractivity contribution is -0.0110. The number of benzene rings is 1. The first-order valence-corrected chi connectivity index (χ1v) is 8.42. The third-order valence-electron chi connectivity index (χ3n) is 4.20. The summed E-state index contributed by atoms with van der Waals surface area (Å²) < 4.78 is 15.7. The lowest BCUT2D eigenvalue weighted by Gasteiger charge is -2.38. The summed E-state index contributed by atoms with van der Waals surface area (Å²) in [4.78, 5) is 25.7. The standard InChI is InChI=1S/C19H27NO5/c1-19(2,3)25-18(22)20-11-15(10-16(12-20)23-4)13-6-8-14(9-7-13)17(21)24-5/h6-9,15-16H,10-12H2,1-5H3. The number of likely N-dealkylation sites (tertiary alicyclic amines) is 1. The van der Waals surface area contributed by atoms with Gasteiger partial charge in [-0.25, -0.2) is 9.59 Å². The van der Waals surface area contributed by atoms with E-state index in [1.165, 1.54) is 7.11 Å². The maximum Gasteiger partial charge on any atom is 0.410 e. The summed E-state index contributed by atoms with van der Waals surface area (Å²) in [6.45, 7) is 6.64. The van der Waals surface area contributed by atoms with Crippen LogP contribution in [-0.4, -0.2) is 56.0 Å². The molecule has 0 spiro atoms. The molecule has 138 valence electrons. The molecule has 0 bridgehead atoms. The molecule has 1 aliphatic heterocycles. The van der Waals surface area contributed by atoms with Gasteiger partial charge in [0.2, 0.25) is 0 Å². The molecule has 1 aliphatic rings. The lowest BCUT2D eigenvalue weighted by atomic mass is 9.89. The Morgan fingerprint density at radius 1 is 1.08 bits per heavy atom. The van der Waals surface area contributed by atoms with Crippen molar-refractivity contribution in [2.24, 2.45) is 0 Å². The van der Waals surface area contributed by atoms with Crippen LogP contribution < -0.4 is 0 Å². The highest BCUT2D eigenvalue weighted by atomic mass is 16.6. The first-order chi connectivity index (χ1) is 11.7. The van der Waals surface area contributed by atoms with Gasteiger partial charge in [-0.2, -0.15) is 0 Å². The second kappa shape index (κ2) is 7.87. The Kier molecular flexibility index (Phi) is 6.06.